The molecule has 353 valence electrons. The van der Waals surface area contributed by atoms with E-state index in [0.29, 0.717) is 23.5 Å². The van der Waals surface area contributed by atoms with Gasteiger partial charge in [0.15, 0.2) is 0 Å². The third kappa shape index (κ3) is 9.41. The molecule has 0 bridgehead atoms. The van der Waals surface area contributed by atoms with E-state index in [1.807, 2.05) is 19.2 Å². The van der Waals surface area contributed by atoms with Gasteiger partial charge in [-0.15, -0.1) is 53.6 Å². The number of aryl methyl sites for hydroxylation is 1. The Morgan fingerprint density at radius 1 is 0.743 bits per heavy atom. The molecule has 0 aliphatic heterocycles. The minimum atomic E-state index is -1.25. The van der Waals surface area contributed by atoms with Gasteiger partial charge < -0.3 is 14.0 Å². The van der Waals surface area contributed by atoms with Gasteiger partial charge in [0.25, 0.3) is 0 Å². The summed E-state index contributed by atoms with van der Waals surface area (Å²) in [6.07, 6.45) is 10.7. The number of imidazole rings is 1. The number of nitrogens with zero attached hydrogens (tertiary/aromatic N) is 5. The van der Waals surface area contributed by atoms with E-state index >= 15 is 0 Å². The minimum Gasteiger partial charge on any atom is -0.486 e. The zero-order valence-electron chi connectivity index (χ0n) is 41.6. The SMILES string of the molecule is CC(C)c1c[c-]c(-c2ccc([Si](C)(C)C)cn2)cc1.Cc1ccc2ccc3nc(-c4[c-]ccc5c4oc4nc(C(C)C(C)C)ccc45)n(-c4c(C5=CC=CCC5)cccc4-c4ccccc4)c3c2n1.[Ir]. The molecule has 5 heterocycles. The number of fused-ring (bicyclic) bond motifs is 6. The first-order valence-corrected chi connectivity index (χ1v) is 27.9. The van der Waals surface area contributed by atoms with Crippen molar-refractivity contribution in [2.45, 2.75) is 85.9 Å². The monoisotopic (exact) mass is 1110 g/mol. The van der Waals surface area contributed by atoms with Gasteiger partial charge in [-0.05, 0) is 72.0 Å². The Bertz CT molecular complexity index is 3560. The number of hydrogen-bond donors (Lipinski definition) is 0. The van der Waals surface area contributed by atoms with Crippen molar-refractivity contribution >= 4 is 62.8 Å². The van der Waals surface area contributed by atoms with Gasteiger partial charge in [0.05, 0.1) is 41.7 Å². The Morgan fingerprint density at radius 3 is 2.24 bits per heavy atom. The van der Waals surface area contributed by atoms with Crippen LogP contribution in [-0.4, -0.2) is 32.6 Å². The van der Waals surface area contributed by atoms with Crippen LogP contribution < -0.4 is 5.19 Å². The van der Waals surface area contributed by atoms with Crippen molar-refractivity contribution in [2.75, 3.05) is 0 Å². The average Bonchev–Trinajstić information content (AvgIpc) is 3.95. The first kappa shape index (κ1) is 48.4. The van der Waals surface area contributed by atoms with E-state index in [1.54, 1.807) is 0 Å². The Balaban J connectivity index is 0.000000257. The van der Waals surface area contributed by atoms with Crippen molar-refractivity contribution in [3.8, 4) is 39.5 Å². The molecule has 6 nitrogen and oxygen atoms in total. The fraction of sp³-hybridized carbons (Fsp3) is 0.226. The van der Waals surface area contributed by atoms with Crippen LogP contribution in [0.4, 0.5) is 0 Å². The molecule has 0 amide bonds. The van der Waals surface area contributed by atoms with Gasteiger partial charge in [0.1, 0.15) is 0 Å². The quantitative estimate of drug-likeness (QED) is 0.106. The van der Waals surface area contributed by atoms with Crippen LogP contribution in [0.2, 0.25) is 19.6 Å². The zero-order chi connectivity index (χ0) is 48.0. The number of allylic oxidation sites excluding steroid dienone is 4. The third-order valence-electron chi connectivity index (χ3n) is 13.7. The van der Waals surface area contributed by atoms with Crippen LogP contribution in [0.5, 0.6) is 0 Å². The van der Waals surface area contributed by atoms with Crippen molar-refractivity contribution in [1.29, 1.82) is 0 Å². The second-order valence-corrected chi connectivity index (χ2v) is 25.2. The topological polar surface area (TPSA) is 69.6 Å². The molecule has 1 atom stereocenters. The van der Waals surface area contributed by atoms with Crippen LogP contribution in [0.25, 0.3) is 89.0 Å². The van der Waals surface area contributed by atoms with Gasteiger partial charge in [-0.1, -0.05) is 162 Å². The summed E-state index contributed by atoms with van der Waals surface area (Å²) in [4.78, 5) is 20.2. The maximum Gasteiger partial charge on any atom is 0.216 e. The molecule has 0 fully saturated rings. The Labute approximate surface area is 427 Å². The minimum absolute atomic E-state index is 0. The predicted octanol–water partition coefficient (Wildman–Crippen LogP) is 16.0. The summed E-state index contributed by atoms with van der Waals surface area (Å²) in [5.41, 5.74) is 16.1. The molecule has 1 aliphatic carbocycles. The summed E-state index contributed by atoms with van der Waals surface area (Å²) < 4.78 is 9.06. The summed E-state index contributed by atoms with van der Waals surface area (Å²) >= 11 is 0. The van der Waals surface area contributed by atoms with Crippen LogP contribution in [0.15, 0.2) is 156 Å². The molecular formula is C62H59IrN5OSi-2. The fourth-order valence-electron chi connectivity index (χ4n) is 9.30. The smallest absolute Gasteiger partial charge is 0.216 e. The number of aromatic nitrogens is 5. The Hall–Kier alpha value is -6.57. The Morgan fingerprint density at radius 2 is 1.54 bits per heavy atom. The average molecular weight is 1110 g/mol. The number of furan rings is 1. The molecule has 5 aromatic carbocycles. The van der Waals surface area contributed by atoms with E-state index in [2.05, 4.69) is 215 Å². The van der Waals surface area contributed by atoms with E-state index in [9.17, 15) is 0 Å². The normalized spacial score (nSPS) is 13.2. The van der Waals surface area contributed by atoms with Crippen LogP contribution >= 0.6 is 0 Å². The van der Waals surface area contributed by atoms with E-state index < -0.39 is 8.07 Å². The van der Waals surface area contributed by atoms with Crippen LogP contribution in [0.1, 0.15) is 81.8 Å². The largest absolute Gasteiger partial charge is 0.486 e. The van der Waals surface area contributed by atoms with Crippen LogP contribution in [0.3, 0.4) is 0 Å². The number of para-hydroxylation sites is 1. The van der Waals surface area contributed by atoms with E-state index in [-0.39, 0.29) is 20.1 Å². The van der Waals surface area contributed by atoms with Gasteiger partial charge in [-0.25, -0.2) is 4.98 Å². The van der Waals surface area contributed by atoms with E-state index in [1.165, 1.54) is 21.9 Å². The third-order valence-corrected chi connectivity index (χ3v) is 15.8. The van der Waals surface area contributed by atoms with Crippen molar-refractivity contribution < 1.29 is 24.5 Å². The number of rotatable bonds is 9. The van der Waals surface area contributed by atoms with Crippen molar-refractivity contribution in [1.82, 2.24) is 24.5 Å². The molecule has 0 saturated heterocycles. The predicted molar refractivity (Wildman–Crippen MR) is 291 cm³/mol. The fourth-order valence-corrected chi connectivity index (χ4v) is 10.3. The molecule has 10 aromatic rings. The molecule has 70 heavy (non-hydrogen) atoms. The maximum atomic E-state index is 6.73. The molecule has 5 aromatic heterocycles. The van der Waals surface area contributed by atoms with Crippen LogP contribution in [0, 0.1) is 25.0 Å². The van der Waals surface area contributed by atoms with Gasteiger partial charge in [-0.3, -0.25) is 9.97 Å². The standard InChI is InChI=1S/C45H37N4O.C17H22NSi.Ir/c1-27(2)29(4)38-26-24-36-35-19-12-20-37(43(35)50-45(36)48-38)44-47-39-25-23-32-22-21-28(3)46-40(32)42(39)49(44)41-33(30-13-7-5-8-14-30)17-11-18-34(41)31-15-9-6-10-16-31;1-13(2)14-6-8-15(9-7-14)17-11-10-16(12-18-17)19(3,4)5;/h5-9,11-15,17-19,21-27,29H,10,16H2,1-4H3;6-8,10-13H,1-5H3;/q2*-1;. The van der Waals surface area contributed by atoms with E-state index in [4.69, 9.17) is 19.4 Å². The first-order chi connectivity index (χ1) is 33.3. The van der Waals surface area contributed by atoms with Crippen molar-refractivity contribution in [2.24, 2.45) is 5.92 Å². The molecule has 0 saturated carbocycles. The van der Waals surface area contributed by atoms with Gasteiger partial charge in [-0.2, -0.15) is 0 Å². The molecule has 11 rings (SSSR count). The first-order valence-electron chi connectivity index (χ1n) is 24.4. The van der Waals surface area contributed by atoms with Crippen molar-refractivity contribution in [3.63, 3.8) is 0 Å². The van der Waals surface area contributed by atoms with Crippen molar-refractivity contribution in [3.05, 3.63) is 186 Å². The Kier molecular flexibility index (Phi) is 13.9. The molecule has 1 radical (unpaired) electrons. The summed E-state index contributed by atoms with van der Waals surface area (Å²) in [5.74, 6) is 2.08. The number of benzene rings is 5. The zero-order valence-corrected chi connectivity index (χ0v) is 45.0. The van der Waals surface area contributed by atoms with Crippen LogP contribution in [-0.2, 0) is 20.1 Å². The summed E-state index contributed by atoms with van der Waals surface area (Å²) in [6.45, 7) is 20.2. The molecular weight excluding hydrogens is 1050 g/mol. The second-order valence-electron chi connectivity index (χ2n) is 20.1. The molecule has 0 N–H and O–H groups in total. The van der Waals surface area contributed by atoms with Gasteiger partial charge >= 0.3 is 0 Å². The summed E-state index contributed by atoms with van der Waals surface area (Å²) in [5, 5.41) is 4.45. The number of pyridine rings is 3. The van der Waals surface area contributed by atoms with E-state index in [0.717, 1.165) is 102 Å². The molecule has 0 spiro atoms. The molecule has 8 heteroatoms. The van der Waals surface area contributed by atoms with Gasteiger partial charge in [0.2, 0.25) is 5.71 Å². The number of hydrogen-bond acceptors (Lipinski definition) is 5. The molecule has 1 unspecified atom stereocenters. The molecule has 1 aliphatic rings. The summed E-state index contributed by atoms with van der Waals surface area (Å²) in [6, 6.07) is 51.7. The maximum absolute atomic E-state index is 6.73. The van der Waals surface area contributed by atoms with Gasteiger partial charge in [0, 0.05) is 65.5 Å². The summed E-state index contributed by atoms with van der Waals surface area (Å²) in [7, 11) is -1.25. The second kappa shape index (κ2) is 20.0.